The smallest absolute Gasteiger partial charge is 0.303 e. The lowest BCUT2D eigenvalue weighted by atomic mass is 10.1. The Balaban J connectivity index is 1.81. The highest BCUT2D eigenvalue weighted by molar-refractivity contribution is 5.92. The van der Waals surface area contributed by atoms with E-state index in [1.54, 1.807) is 13.0 Å². The molecular weight excluding hydrogens is 236 g/mol. The lowest BCUT2D eigenvalue weighted by molar-refractivity contribution is -0.137. The summed E-state index contributed by atoms with van der Waals surface area (Å²) in [6.45, 7) is 2.09. The predicted molar refractivity (Wildman–Crippen MR) is 62.2 cm³/mol. The summed E-state index contributed by atoms with van der Waals surface area (Å²) in [5.41, 5.74) is 0.263. The van der Waals surface area contributed by atoms with E-state index in [0.717, 1.165) is 18.6 Å². The Morgan fingerprint density at radius 1 is 1.61 bits per heavy atom. The van der Waals surface area contributed by atoms with Crippen LogP contribution in [0.25, 0.3) is 0 Å². The van der Waals surface area contributed by atoms with Crippen LogP contribution in [0.1, 0.15) is 48.4 Å². The van der Waals surface area contributed by atoms with E-state index in [-0.39, 0.29) is 23.9 Å². The van der Waals surface area contributed by atoms with Crippen LogP contribution in [0.3, 0.4) is 0 Å². The molecule has 1 aromatic heterocycles. The average molecular weight is 252 g/mol. The van der Waals surface area contributed by atoms with Crippen LogP contribution in [0.5, 0.6) is 0 Å². The van der Waals surface area contributed by atoms with Crippen molar-refractivity contribution in [2.75, 3.05) is 6.54 Å². The van der Waals surface area contributed by atoms with Gasteiger partial charge in [-0.3, -0.25) is 9.59 Å². The van der Waals surface area contributed by atoms with Gasteiger partial charge < -0.3 is 14.9 Å². The zero-order valence-electron chi connectivity index (χ0n) is 10.2. The normalized spacial score (nSPS) is 16.3. The van der Waals surface area contributed by atoms with Crippen molar-refractivity contribution >= 4 is 11.9 Å². The molecule has 6 nitrogen and oxygen atoms in total. The fraction of sp³-hybridized carbons (Fsp3) is 0.583. The van der Waals surface area contributed by atoms with Gasteiger partial charge in [-0.05, 0) is 18.8 Å². The Morgan fingerprint density at radius 2 is 2.33 bits per heavy atom. The molecule has 98 valence electrons. The van der Waals surface area contributed by atoms with Crippen molar-refractivity contribution in [2.24, 2.45) is 5.92 Å². The van der Waals surface area contributed by atoms with Crippen molar-refractivity contribution in [1.82, 2.24) is 10.5 Å². The van der Waals surface area contributed by atoms with Crippen LogP contribution in [-0.2, 0) is 4.79 Å². The van der Waals surface area contributed by atoms with Gasteiger partial charge in [0.15, 0.2) is 5.69 Å². The average Bonchev–Trinajstić information content (AvgIpc) is 3.03. The number of amides is 1. The monoisotopic (exact) mass is 252 g/mol. The van der Waals surface area contributed by atoms with Gasteiger partial charge in [-0.1, -0.05) is 12.1 Å². The summed E-state index contributed by atoms with van der Waals surface area (Å²) in [4.78, 5) is 22.2. The molecule has 1 atom stereocenters. The molecule has 1 unspecified atom stereocenters. The zero-order chi connectivity index (χ0) is 13.1. The summed E-state index contributed by atoms with van der Waals surface area (Å²) in [7, 11) is 0. The van der Waals surface area contributed by atoms with Gasteiger partial charge in [-0.25, -0.2) is 0 Å². The molecule has 1 aromatic rings. The number of hydrogen-bond donors (Lipinski definition) is 2. The van der Waals surface area contributed by atoms with E-state index in [0.29, 0.717) is 12.5 Å². The molecule has 0 spiro atoms. The molecule has 6 heteroatoms. The van der Waals surface area contributed by atoms with Crippen LogP contribution in [-0.4, -0.2) is 28.7 Å². The fourth-order valence-electron chi connectivity index (χ4n) is 1.68. The fourth-order valence-corrected chi connectivity index (χ4v) is 1.68. The highest BCUT2D eigenvalue weighted by Crippen LogP contribution is 2.40. The first-order chi connectivity index (χ1) is 8.56. The first kappa shape index (κ1) is 12.6. The minimum absolute atomic E-state index is 0.0341. The van der Waals surface area contributed by atoms with Gasteiger partial charge in [0.1, 0.15) is 5.76 Å². The third-order valence-electron chi connectivity index (χ3n) is 2.87. The maximum atomic E-state index is 11.7. The standard InChI is InChI=1S/C12H16N2O4/c1-7(4-11(15)16)6-13-12(17)9-5-10(18-14-9)8-2-3-8/h5,7-8H,2-4,6H2,1H3,(H,13,17)(H,15,16). The molecule has 2 N–H and O–H groups in total. The number of carboxylic acid groups (broad SMARTS) is 1. The van der Waals surface area contributed by atoms with E-state index in [2.05, 4.69) is 10.5 Å². The van der Waals surface area contributed by atoms with E-state index < -0.39 is 5.97 Å². The van der Waals surface area contributed by atoms with Crippen LogP contribution in [0.15, 0.2) is 10.6 Å². The van der Waals surface area contributed by atoms with Crippen molar-refractivity contribution in [3.63, 3.8) is 0 Å². The number of carbonyl (C=O) groups is 2. The number of nitrogens with one attached hydrogen (secondary N) is 1. The second kappa shape index (κ2) is 5.20. The van der Waals surface area contributed by atoms with Gasteiger partial charge in [-0.15, -0.1) is 0 Å². The number of aromatic nitrogens is 1. The van der Waals surface area contributed by atoms with Crippen LogP contribution in [0.2, 0.25) is 0 Å². The first-order valence-electron chi connectivity index (χ1n) is 6.03. The van der Waals surface area contributed by atoms with E-state index in [1.165, 1.54) is 0 Å². The van der Waals surface area contributed by atoms with Crippen LogP contribution in [0, 0.1) is 5.92 Å². The van der Waals surface area contributed by atoms with Crippen molar-refractivity contribution < 1.29 is 19.2 Å². The SMILES string of the molecule is CC(CNC(=O)c1cc(C2CC2)on1)CC(=O)O. The minimum atomic E-state index is -0.866. The van der Waals surface area contributed by atoms with Crippen LogP contribution in [0.4, 0.5) is 0 Å². The molecule has 1 saturated carbocycles. The molecule has 1 heterocycles. The summed E-state index contributed by atoms with van der Waals surface area (Å²) < 4.78 is 5.08. The van der Waals surface area contributed by atoms with Crippen molar-refractivity contribution in [3.8, 4) is 0 Å². The molecule has 2 rings (SSSR count). The number of carbonyl (C=O) groups excluding carboxylic acids is 1. The Kier molecular flexibility index (Phi) is 3.64. The molecule has 0 saturated heterocycles. The third kappa shape index (κ3) is 3.32. The molecule has 1 aliphatic rings. The minimum Gasteiger partial charge on any atom is -0.481 e. The number of rotatable bonds is 6. The molecule has 1 amide bonds. The summed E-state index contributed by atoms with van der Waals surface area (Å²) >= 11 is 0. The van der Waals surface area contributed by atoms with Gasteiger partial charge in [0, 0.05) is 24.9 Å². The lowest BCUT2D eigenvalue weighted by Gasteiger charge is -2.08. The summed E-state index contributed by atoms with van der Waals surface area (Å²) in [6, 6.07) is 1.66. The third-order valence-corrected chi connectivity index (χ3v) is 2.87. The van der Waals surface area contributed by atoms with E-state index >= 15 is 0 Å². The molecule has 0 bridgehead atoms. The summed E-state index contributed by atoms with van der Waals surface area (Å²) in [5, 5.41) is 15.0. The molecule has 0 aliphatic heterocycles. The number of aliphatic carboxylic acids is 1. The number of nitrogens with zero attached hydrogens (tertiary/aromatic N) is 1. The topological polar surface area (TPSA) is 92.4 Å². The quantitative estimate of drug-likeness (QED) is 0.798. The van der Waals surface area contributed by atoms with E-state index in [9.17, 15) is 9.59 Å². The largest absolute Gasteiger partial charge is 0.481 e. The summed E-state index contributed by atoms with van der Waals surface area (Å²) in [6.07, 6.45) is 2.21. The second-order valence-electron chi connectivity index (χ2n) is 4.80. The van der Waals surface area contributed by atoms with Gasteiger partial charge >= 0.3 is 5.97 Å². The van der Waals surface area contributed by atoms with Crippen LogP contribution < -0.4 is 5.32 Å². The molecule has 0 aromatic carbocycles. The van der Waals surface area contributed by atoms with Gasteiger partial charge in [-0.2, -0.15) is 0 Å². The van der Waals surface area contributed by atoms with Crippen molar-refractivity contribution in [3.05, 3.63) is 17.5 Å². The number of hydrogen-bond acceptors (Lipinski definition) is 4. The van der Waals surface area contributed by atoms with Crippen LogP contribution >= 0.6 is 0 Å². The Hall–Kier alpha value is -1.85. The maximum absolute atomic E-state index is 11.7. The molecule has 0 radical (unpaired) electrons. The second-order valence-corrected chi connectivity index (χ2v) is 4.80. The molecule has 18 heavy (non-hydrogen) atoms. The van der Waals surface area contributed by atoms with Crippen molar-refractivity contribution in [2.45, 2.75) is 32.1 Å². The highest BCUT2D eigenvalue weighted by atomic mass is 16.5. The Bertz CT molecular complexity index is 451. The lowest BCUT2D eigenvalue weighted by Crippen LogP contribution is -2.29. The van der Waals surface area contributed by atoms with Gasteiger partial charge in [0.2, 0.25) is 0 Å². The van der Waals surface area contributed by atoms with E-state index in [4.69, 9.17) is 9.63 Å². The Labute approximate surface area is 104 Å². The maximum Gasteiger partial charge on any atom is 0.303 e. The molecular formula is C12H16N2O4. The summed E-state index contributed by atoms with van der Waals surface area (Å²) in [5.74, 6) is -0.109. The Morgan fingerprint density at radius 3 is 2.94 bits per heavy atom. The molecule has 1 aliphatic carbocycles. The van der Waals surface area contributed by atoms with Gasteiger partial charge in [0.25, 0.3) is 5.91 Å². The van der Waals surface area contributed by atoms with Crippen molar-refractivity contribution in [1.29, 1.82) is 0 Å². The first-order valence-corrected chi connectivity index (χ1v) is 6.03. The predicted octanol–water partition coefficient (Wildman–Crippen LogP) is 1.39. The number of carboxylic acids is 1. The zero-order valence-corrected chi connectivity index (χ0v) is 10.2. The molecule has 1 fully saturated rings. The van der Waals surface area contributed by atoms with Gasteiger partial charge in [0.05, 0.1) is 0 Å². The highest BCUT2D eigenvalue weighted by Gasteiger charge is 2.28. The van der Waals surface area contributed by atoms with E-state index in [1.807, 2.05) is 0 Å².